The second-order valence-corrected chi connectivity index (χ2v) is 4.13. The van der Waals surface area contributed by atoms with Gasteiger partial charge < -0.3 is 10.5 Å². The summed E-state index contributed by atoms with van der Waals surface area (Å²) in [5, 5.41) is 4.01. The van der Waals surface area contributed by atoms with Crippen LogP contribution in [-0.2, 0) is 11.3 Å². The number of halogens is 1. The van der Waals surface area contributed by atoms with Gasteiger partial charge >= 0.3 is 0 Å². The van der Waals surface area contributed by atoms with Gasteiger partial charge in [-0.1, -0.05) is 0 Å². The van der Waals surface area contributed by atoms with Crippen LogP contribution in [0.15, 0.2) is 10.8 Å². The van der Waals surface area contributed by atoms with Crippen LogP contribution >= 0.6 is 15.9 Å². The molecule has 0 radical (unpaired) electrons. The third kappa shape index (κ3) is 1.91. The molecule has 0 aromatic carbocycles. The van der Waals surface area contributed by atoms with E-state index in [9.17, 15) is 4.79 Å². The second-order valence-electron chi connectivity index (χ2n) is 3.34. The van der Waals surface area contributed by atoms with E-state index in [-0.39, 0.29) is 0 Å². The fraction of sp³-hybridized carbons (Fsp3) is 0.300. The maximum Gasteiger partial charge on any atom is 0.168 e. The number of rotatable bonds is 4. The Kier molecular flexibility index (Phi) is 3.39. The van der Waals surface area contributed by atoms with Crippen LogP contribution in [-0.4, -0.2) is 27.5 Å². The minimum atomic E-state index is 0.317. The van der Waals surface area contributed by atoms with Crippen molar-refractivity contribution in [3.8, 4) is 0 Å². The highest BCUT2D eigenvalue weighted by Gasteiger charge is 2.19. The molecule has 0 saturated carbocycles. The van der Waals surface area contributed by atoms with Gasteiger partial charge in [0.05, 0.1) is 11.1 Å². The molecule has 0 aliphatic rings. The zero-order valence-corrected chi connectivity index (χ0v) is 10.8. The number of nitrogens with zero attached hydrogens (tertiary/aromatic N) is 3. The highest BCUT2D eigenvalue weighted by molar-refractivity contribution is 9.10. The van der Waals surface area contributed by atoms with Crippen molar-refractivity contribution < 1.29 is 9.53 Å². The first kappa shape index (κ1) is 12.0. The summed E-state index contributed by atoms with van der Waals surface area (Å²) in [5.74, 6) is 0.317. The summed E-state index contributed by atoms with van der Waals surface area (Å²) in [4.78, 5) is 15.0. The van der Waals surface area contributed by atoms with Crippen molar-refractivity contribution in [1.29, 1.82) is 0 Å². The minimum absolute atomic E-state index is 0.317. The Morgan fingerprint density at radius 2 is 2.41 bits per heavy atom. The Labute approximate surface area is 106 Å². The number of nitrogens with two attached hydrogens (primary N) is 1. The summed E-state index contributed by atoms with van der Waals surface area (Å²) in [6.45, 7) is 2.78. The van der Waals surface area contributed by atoms with Crippen LogP contribution in [0.25, 0.3) is 5.52 Å². The Bertz CT molecular complexity index is 567. The Balaban J connectivity index is 2.70. The fourth-order valence-corrected chi connectivity index (χ4v) is 2.29. The second kappa shape index (κ2) is 4.80. The van der Waals surface area contributed by atoms with Gasteiger partial charge in [-0.2, -0.15) is 5.10 Å². The van der Waals surface area contributed by atoms with Crippen molar-refractivity contribution in [2.45, 2.75) is 13.5 Å². The zero-order chi connectivity index (χ0) is 12.4. The van der Waals surface area contributed by atoms with E-state index in [1.165, 1.54) is 10.8 Å². The molecule has 0 bridgehead atoms. The molecular weight excluding hydrogens is 288 g/mol. The minimum Gasteiger partial charge on any atom is -0.382 e. The molecule has 2 heterocycles. The van der Waals surface area contributed by atoms with Crippen molar-refractivity contribution in [1.82, 2.24) is 14.6 Å². The first-order valence-electron chi connectivity index (χ1n) is 5.03. The predicted molar refractivity (Wildman–Crippen MR) is 65.8 cm³/mol. The van der Waals surface area contributed by atoms with E-state index in [0.29, 0.717) is 34.7 Å². The van der Waals surface area contributed by atoms with E-state index in [2.05, 4.69) is 26.0 Å². The van der Waals surface area contributed by atoms with Crippen LogP contribution in [0, 0.1) is 0 Å². The maximum absolute atomic E-state index is 11.1. The van der Waals surface area contributed by atoms with E-state index < -0.39 is 0 Å². The van der Waals surface area contributed by atoms with Crippen molar-refractivity contribution >= 4 is 33.6 Å². The summed E-state index contributed by atoms with van der Waals surface area (Å²) in [6, 6.07) is 0. The van der Waals surface area contributed by atoms with Gasteiger partial charge in [-0.15, -0.1) is 0 Å². The standard InChI is InChI=1S/C10H11BrN4O2/c1-2-17-4-6-7(3-16)15-9(8(6)11)10(12)13-5-14-15/h3,5H,2,4H2,1H3,(H2,12,13,14). The fourth-order valence-electron chi connectivity index (χ4n) is 1.60. The molecule has 2 aromatic rings. The average Bonchev–Trinajstić information content (AvgIpc) is 2.60. The topological polar surface area (TPSA) is 82.5 Å². The SMILES string of the molecule is CCOCc1c(Br)c2c(N)ncnn2c1C=O. The molecule has 0 amide bonds. The van der Waals surface area contributed by atoms with Crippen molar-refractivity contribution in [2.24, 2.45) is 0 Å². The molecule has 90 valence electrons. The third-order valence-electron chi connectivity index (χ3n) is 2.39. The molecule has 0 unspecified atom stereocenters. The normalized spacial score (nSPS) is 10.9. The van der Waals surface area contributed by atoms with Crippen LogP contribution in [0.4, 0.5) is 5.82 Å². The number of anilines is 1. The molecule has 2 aromatic heterocycles. The number of nitrogen functional groups attached to an aromatic ring is 1. The monoisotopic (exact) mass is 298 g/mol. The Morgan fingerprint density at radius 3 is 3.06 bits per heavy atom. The number of aldehydes is 1. The first-order chi connectivity index (χ1) is 8.20. The van der Waals surface area contributed by atoms with Gasteiger partial charge in [0.25, 0.3) is 0 Å². The van der Waals surface area contributed by atoms with E-state index >= 15 is 0 Å². The molecule has 7 heteroatoms. The molecule has 0 aliphatic carbocycles. The lowest BCUT2D eigenvalue weighted by Crippen LogP contribution is -2.02. The maximum atomic E-state index is 11.1. The summed E-state index contributed by atoms with van der Waals surface area (Å²) in [6.07, 6.45) is 2.05. The molecule has 0 aliphatic heterocycles. The molecular formula is C10H11BrN4O2. The van der Waals surface area contributed by atoms with Crippen LogP contribution < -0.4 is 5.73 Å². The van der Waals surface area contributed by atoms with E-state index in [1.54, 1.807) is 0 Å². The third-order valence-corrected chi connectivity index (χ3v) is 3.24. The summed E-state index contributed by atoms with van der Waals surface area (Å²) >= 11 is 3.40. The van der Waals surface area contributed by atoms with Gasteiger partial charge in [0.15, 0.2) is 12.1 Å². The van der Waals surface area contributed by atoms with E-state index in [0.717, 1.165) is 11.8 Å². The number of hydrogen-bond acceptors (Lipinski definition) is 5. The lowest BCUT2D eigenvalue weighted by atomic mass is 10.2. The number of ether oxygens (including phenoxy) is 1. The predicted octanol–water partition coefficient (Wildman–Crippen LogP) is 1.42. The number of carbonyl (C=O) groups is 1. The number of aromatic nitrogens is 3. The van der Waals surface area contributed by atoms with Crippen LogP contribution in [0.1, 0.15) is 23.0 Å². The van der Waals surface area contributed by atoms with E-state index in [4.69, 9.17) is 10.5 Å². The highest BCUT2D eigenvalue weighted by atomic mass is 79.9. The molecule has 2 rings (SSSR count). The molecule has 2 N–H and O–H groups in total. The number of fused-ring (bicyclic) bond motifs is 1. The molecule has 0 spiro atoms. The van der Waals surface area contributed by atoms with Gasteiger partial charge in [-0.3, -0.25) is 4.79 Å². The lowest BCUT2D eigenvalue weighted by molar-refractivity contribution is 0.110. The quantitative estimate of drug-likeness (QED) is 0.863. The van der Waals surface area contributed by atoms with Gasteiger partial charge in [-0.05, 0) is 22.9 Å². The molecule has 0 fully saturated rings. The molecule has 6 nitrogen and oxygen atoms in total. The summed E-state index contributed by atoms with van der Waals surface area (Å²) < 4.78 is 7.49. The van der Waals surface area contributed by atoms with Gasteiger partial charge in [0.1, 0.15) is 17.5 Å². The number of carbonyl (C=O) groups excluding carboxylic acids is 1. The average molecular weight is 299 g/mol. The molecule has 17 heavy (non-hydrogen) atoms. The van der Waals surface area contributed by atoms with Crippen LogP contribution in [0.5, 0.6) is 0 Å². The summed E-state index contributed by atoms with van der Waals surface area (Å²) in [5.41, 5.74) is 7.51. The van der Waals surface area contributed by atoms with E-state index in [1.807, 2.05) is 6.92 Å². The lowest BCUT2D eigenvalue weighted by Gasteiger charge is -2.00. The van der Waals surface area contributed by atoms with Crippen LogP contribution in [0.3, 0.4) is 0 Å². The molecule has 0 atom stereocenters. The van der Waals surface area contributed by atoms with Crippen molar-refractivity contribution in [2.75, 3.05) is 12.3 Å². The highest BCUT2D eigenvalue weighted by Crippen LogP contribution is 2.30. The van der Waals surface area contributed by atoms with Gasteiger partial charge in [-0.25, -0.2) is 9.50 Å². The summed E-state index contributed by atoms with van der Waals surface area (Å²) in [7, 11) is 0. The Hall–Kier alpha value is -1.47. The van der Waals surface area contributed by atoms with Gasteiger partial charge in [0.2, 0.25) is 0 Å². The van der Waals surface area contributed by atoms with Gasteiger partial charge in [0, 0.05) is 12.2 Å². The van der Waals surface area contributed by atoms with Crippen LogP contribution in [0.2, 0.25) is 0 Å². The van der Waals surface area contributed by atoms with Crippen molar-refractivity contribution in [3.05, 3.63) is 22.1 Å². The zero-order valence-electron chi connectivity index (χ0n) is 9.18. The van der Waals surface area contributed by atoms with Crippen molar-refractivity contribution in [3.63, 3.8) is 0 Å². The largest absolute Gasteiger partial charge is 0.382 e. The number of hydrogen-bond donors (Lipinski definition) is 1. The molecule has 0 saturated heterocycles. The smallest absolute Gasteiger partial charge is 0.168 e. The Morgan fingerprint density at radius 1 is 1.65 bits per heavy atom. The first-order valence-corrected chi connectivity index (χ1v) is 5.82.